The number of hydrogen-bond donors (Lipinski definition) is 0. The predicted molar refractivity (Wildman–Crippen MR) is 111 cm³/mol. The van der Waals surface area contributed by atoms with E-state index in [-0.39, 0.29) is 6.61 Å². The highest BCUT2D eigenvalue weighted by Gasteiger charge is 2.13. The average Bonchev–Trinajstić information content (AvgIpc) is 3.16. The molecule has 0 amide bonds. The van der Waals surface area contributed by atoms with Crippen LogP contribution < -0.4 is 0 Å². The van der Waals surface area contributed by atoms with Gasteiger partial charge in [0.1, 0.15) is 11.6 Å². The summed E-state index contributed by atoms with van der Waals surface area (Å²) in [5.74, 6) is -0.422. The quantitative estimate of drug-likeness (QED) is 0.423. The van der Waals surface area contributed by atoms with Crippen LogP contribution in [0.1, 0.15) is 27.4 Å². The number of nitrogens with zero attached hydrogens (tertiary/aromatic N) is 3. The third-order valence-electron chi connectivity index (χ3n) is 4.32. The zero-order valence-electron chi connectivity index (χ0n) is 15.3. The molecule has 28 heavy (non-hydrogen) atoms. The van der Waals surface area contributed by atoms with Crippen molar-refractivity contribution in [3.63, 3.8) is 0 Å². The maximum atomic E-state index is 12.4. The lowest BCUT2D eigenvalue weighted by Gasteiger charge is -2.06. The lowest BCUT2D eigenvalue weighted by atomic mass is 10.2. The fourth-order valence-electron chi connectivity index (χ4n) is 2.71. The first kappa shape index (κ1) is 18.5. The van der Waals surface area contributed by atoms with E-state index in [2.05, 4.69) is 15.0 Å². The minimum Gasteiger partial charge on any atom is -0.456 e. The summed E-state index contributed by atoms with van der Waals surface area (Å²) < 4.78 is 5.42. The fourth-order valence-corrected chi connectivity index (χ4v) is 3.84. The fraction of sp³-hybridized carbons (Fsp3) is 0.143. The number of benzene rings is 2. The molecule has 2 aromatic heterocycles. The normalized spacial score (nSPS) is 11.0. The number of fused-ring (bicyclic) bond motifs is 1. The summed E-state index contributed by atoms with van der Waals surface area (Å²) in [7, 11) is 0. The maximum Gasteiger partial charge on any atom is 0.338 e. The minimum atomic E-state index is -0.422. The van der Waals surface area contributed by atoms with Crippen molar-refractivity contribution in [3.05, 3.63) is 75.5 Å². The van der Waals surface area contributed by atoms with E-state index in [1.807, 2.05) is 43.5 Å². The molecule has 2 aromatic carbocycles. The molecule has 0 atom stereocenters. The van der Waals surface area contributed by atoms with Crippen LogP contribution in [-0.2, 0) is 11.3 Å². The second-order valence-corrected chi connectivity index (χ2v) is 7.56. The molecule has 0 radical (unpaired) electrons. The number of aromatic nitrogens is 3. The first-order chi connectivity index (χ1) is 13.5. The Bertz CT molecular complexity index is 1190. The third-order valence-corrected chi connectivity index (χ3v) is 5.57. The van der Waals surface area contributed by atoms with Crippen molar-refractivity contribution in [2.45, 2.75) is 20.5 Å². The predicted octanol–water partition coefficient (Wildman–Crippen LogP) is 5.38. The Labute approximate surface area is 171 Å². The van der Waals surface area contributed by atoms with Crippen LogP contribution in [0.2, 0.25) is 5.02 Å². The molecule has 0 saturated heterocycles. The molecule has 7 heteroatoms. The van der Waals surface area contributed by atoms with E-state index in [9.17, 15) is 4.79 Å². The molecule has 5 nitrogen and oxygen atoms in total. The largest absolute Gasteiger partial charge is 0.456 e. The number of hydrogen-bond acceptors (Lipinski definition) is 6. The van der Waals surface area contributed by atoms with Gasteiger partial charge in [0.05, 0.1) is 38.7 Å². The summed E-state index contributed by atoms with van der Waals surface area (Å²) in [5.41, 5.74) is 5.13. The number of carbonyl (C=O) groups excluding carboxylic acids is 1. The second kappa shape index (κ2) is 7.66. The number of rotatable bonds is 4. The second-order valence-electron chi connectivity index (χ2n) is 6.30. The van der Waals surface area contributed by atoms with E-state index >= 15 is 0 Å². The van der Waals surface area contributed by atoms with Crippen LogP contribution >= 0.6 is 22.9 Å². The standard InChI is InChI=1S/C21H16ClN3O2S/c1-12-13(2)24-19-9-14(7-8-18(19)23-12)21(26)27-10-15-11-28-20(25-15)16-5-3-4-6-17(16)22/h3-9,11H,10H2,1-2H3. The highest BCUT2D eigenvalue weighted by atomic mass is 35.5. The molecule has 0 aliphatic heterocycles. The Hall–Kier alpha value is -2.83. The first-order valence-electron chi connectivity index (χ1n) is 8.62. The summed E-state index contributed by atoms with van der Waals surface area (Å²) in [6.45, 7) is 3.90. The van der Waals surface area contributed by atoms with Crippen LogP contribution in [0.5, 0.6) is 0 Å². The Morgan fingerprint density at radius 2 is 1.79 bits per heavy atom. The molecule has 0 spiro atoms. The van der Waals surface area contributed by atoms with Gasteiger partial charge in [-0.3, -0.25) is 0 Å². The van der Waals surface area contributed by atoms with Crippen LogP contribution in [0.15, 0.2) is 47.8 Å². The van der Waals surface area contributed by atoms with Crippen LogP contribution in [0, 0.1) is 13.8 Å². The molecule has 2 heterocycles. The van der Waals surface area contributed by atoms with Gasteiger partial charge in [-0.15, -0.1) is 11.3 Å². The van der Waals surface area contributed by atoms with Gasteiger partial charge in [-0.25, -0.2) is 19.7 Å². The molecule has 4 aromatic rings. The molecule has 4 rings (SSSR count). The van der Waals surface area contributed by atoms with Gasteiger partial charge in [0.15, 0.2) is 0 Å². The van der Waals surface area contributed by atoms with Crippen LogP contribution in [0.3, 0.4) is 0 Å². The van der Waals surface area contributed by atoms with E-state index in [4.69, 9.17) is 16.3 Å². The molecule has 140 valence electrons. The highest BCUT2D eigenvalue weighted by Crippen LogP contribution is 2.30. The first-order valence-corrected chi connectivity index (χ1v) is 9.88. The molecule has 0 saturated carbocycles. The lowest BCUT2D eigenvalue weighted by Crippen LogP contribution is -2.06. The van der Waals surface area contributed by atoms with E-state index in [0.29, 0.717) is 21.8 Å². The van der Waals surface area contributed by atoms with Crippen molar-refractivity contribution in [1.29, 1.82) is 0 Å². The number of ether oxygens (including phenoxy) is 1. The van der Waals surface area contributed by atoms with Crippen LogP contribution in [0.25, 0.3) is 21.6 Å². The van der Waals surface area contributed by atoms with Gasteiger partial charge in [-0.1, -0.05) is 29.8 Å². The smallest absolute Gasteiger partial charge is 0.338 e. The molecular weight excluding hydrogens is 394 g/mol. The molecule has 0 fully saturated rings. The van der Waals surface area contributed by atoms with Gasteiger partial charge in [0, 0.05) is 10.9 Å². The topological polar surface area (TPSA) is 65.0 Å². The third kappa shape index (κ3) is 3.74. The van der Waals surface area contributed by atoms with Gasteiger partial charge >= 0.3 is 5.97 Å². The summed E-state index contributed by atoms with van der Waals surface area (Å²) >= 11 is 7.68. The number of carbonyl (C=O) groups is 1. The Kier molecular flexibility index (Phi) is 5.07. The van der Waals surface area contributed by atoms with Gasteiger partial charge in [-0.05, 0) is 38.1 Å². The average molecular weight is 410 g/mol. The summed E-state index contributed by atoms with van der Waals surface area (Å²) in [5, 5.41) is 3.30. The zero-order valence-corrected chi connectivity index (χ0v) is 16.8. The number of aryl methyl sites for hydroxylation is 2. The van der Waals surface area contributed by atoms with E-state index in [0.717, 1.165) is 27.5 Å². The van der Waals surface area contributed by atoms with Gasteiger partial charge in [-0.2, -0.15) is 0 Å². The molecule has 0 N–H and O–H groups in total. The van der Waals surface area contributed by atoms with Gasteiger partial charge in [0.25, 0.3) is 0 Å². The Morgan fingerprint density at radius 1 is 1.04 bits per heavy atom. The van der Waals surface area contributed by atoms with Crippen molar-refractivity contribution < 1.29 is 9.53 Å². The van der Waals surface area contributed by atoms with Crippen molar-refractivity contribution in [2.75, 3.05) is 0 Å². The van der Waals surface area contributed by atoms with E-state index in [1.165, 1.54) is 11.3 Å². The van der Waals surface area contributed by atoms with Crippen LogP contribution in [0.4, 0.5) is 0 Å². The lowest BCUT2D eigenvalue weighted by molar-refractivity contribution is 0.0468. The molecule has 0 aliphatic rings. The summed E-state index contributed by atoms with van der Waals surface area (Å²) in [6, 6.07) is 12.7. The molecule has 0 bridgehead atoms. The number of thiazole rings is 1. The SMILES string of the molecule is Cc1nc2ccc(C(=O)OCc3csc(-c4ccccc4Cl)n3)cc2nc1C. The maximum absolute atomic E-state index is 12.4. The van der Waals surface area contributed by atoms with Crippen molar-refractivity contribution in [3.8, 4) is 10.6 Å². The number of esters is 1. The van der Waals surface area contributed by atoms with E-state index in [1.54, 1.807) is 18.2 Å². The van der Waals surface area contributed by atoms with Crippen molar-refractivity contribution in [1.82, 2.24) is 15.0 Å². The number of halogens is 1. The van der Waals surface area contributed by atoms with Crippen LogP contribution in [-0.4, -0.2) is 20.9 Å². The summed E-state index contributed by atoms with van der Waals surface area (Å²) in [6.07, 6.45) is 0. The van der Waals surface area contributed by atoms with Crippen molar-refractivity contribution in [2.24, 2.45) is 0 Å². The zero-order chi connectivity index (χ0) is 19.7. The summed E-state index contributed by atoms with van der Waals surface area (Å²) in [4.78, 5) is 25.9. The minimum absolute atomic E-state index is 0.0937. The monoisotopic (exact) mass is 409 g/mol. The molecule has 0 aliphatic carbocycles. The Morgan fingerprint density at radius 3 is 2.57 bits per heavy atom. The molecule has 0 unspecified atom stereocenters. The Balaban J connectivity index is 1.48. The van der Waals surface area contributed by atoms with Crippen molar-refractivity contribution >= 4 is 39.9 Å². The van der Waals surface area contributed by atoms with Gasteiger partial charge in [0.2, 0.25) is 0 Å². The van der Waals surface area contributed by atoms with Gasteiger partial charge < -0.3 is 4.74 Å². The highest BCUT2D eigenvalue weighted by molar-refractivity contribution is 7.13. The molecular formula is C21H16ClN3O2S. The van der Waals surface area contributed by atoms with E-state index < -0.39 is 5.97 Å².